The van der Waals surface area contributed by atoms with Gasteiger partial charge in [-0.25, -0.2) is 9.59 Å². The van der Waals surface area contributed by atoms with Crippen molar-refractivity contribution in [2.24, 2.45) is 0 Å². The first kappa shape index (κ1) is 35.6. The molecule has 2 aromatic rings. The van der Waals surface area contributed by atoms with Crippen molar-refractivity contribution in [3.05, 3.63) is 91.0 Å². The Bertz CT molecular complexity index is 1200. The number of rotatable bonds is 19. The number of nitrogens with one attached hydrogen (secondary N) is 2. The van der Waals surface area contributed by atoms with Gasteiger partial charge in [-0.1, -0.05) is 45.9 Å². The summed E-state index contributed by atoms with van der Waals surface area (Å²) < 4.78 is 10.1. The standard InChI is InChI=1S/C26H30N4O12S2/c1-3-39-25(33)21(27-23(31)19-9-5-17(6-10-19)13-41-29(35)36)15-43-44-16-22(26(34)40-4-2)28-24(32)20-11-7-18(8-12-20)14-42-30(37)38/h5-12,21-22H,3-4,13-16H2,1-2H3,(H,27,31)(H,28,32)/t21-,22-/m1/s1. The summed E-state index contributed by atoms with van der Waals surface area (Å²) in [6.07, 6.45) is 0. The number of esters is 2. The molecule has 2 aromatic carbocycles. The van der Waals surface area contributed by atoms with Crippen LogP contribution in [0.4, 0.5) is 0 Å². The Kier molecular flexibility index (Phi) is 15.3. The predicted molar refractivity (Wildman–Crippen MR) is 157 cm³/mol. The maximum absolute atomic E-state index is 12.8. The second-order valence-corrected chi connectivity index (χ2v) is 11.1. The lowest BCUT2D eigenvalue weighted by molar-refractivity contribution is -0.763. The van der Waals surface area contributed by atoms with Crippen molar-refractivity contribution in [1.29, 1.82) is 0 Å². The third kappa shape index (κ3) is 12.7. The Morgan fingerprint density at radius 3 is 1.32 bits per heavy atom. The lowest BCUT2D eigenvalue weighted by Crippen LogP contribution is -2.44. The van der Waals surface area contributed by atoms with E-state index in [1.807, 2.05) is 0 Å². The minimum atomic E-state index is -1.05. The van der Waals surface area contributed by atoms with Gasteiger partial charge in [0, 0.05) is 22.6 Å². The number of hydrogen-bond donors (Lipinski definition) is 2. The van der Waals surface area contributed by atoms with E-state index in [1.54, 1.807) is 13.8 Å². The SMILES string of the molecule is CCOC(=O)[C@@H](CSSC[C@@H](NC(=O)c1ccc(CO[N+](=O)[O-])cc1)C(=O)OCC)NC(=O)c1ccc(CO[N+](=O)[O-])cc1. The number of nitrogens with zero attached hydrogens (tertiary/aromatic N) is 2. The average Bonchev–Trinajstić information content (AvgIpc) is 3.00. The van der Waals surface area contributed by atoms with Crippen molar-refractivity contribution in [3.8, 4) is 0 Å². The van der Waals surface area contributed by atoms with Crippen LogP contribution in [0.3, 0.4) is 0 Å². The van der Waals surface area contributed by atoms with Crippen LogP contribution in [0.1, 0.15) is 45.7 Å². The summed E-state index contributed by atoms with van der Waals surface area (Å²) in [5.74, 6) is -2.40. The Morgan fingerprint density at radius 1 is 0.682 bits per heavy atom. The summed E-state index contributed by atoms with van der Waals surface area (Å²) in [4.78, 5) is 79.9. The zero-order chi connectivity index (χ0) is 32.5. The number of carbonyl (C=O) groups excluding carboxylic acids is 4. The molecule has 0 aliphatic carbocycles. The van der Waals surface area contributed by atoms with Crippen molar-refractivity contribution < 1.29 is 48.5 Å². The van der Waals surface area contributed by atoms with Crippen LogP contribution in [-0.2, 0) is 42.0 Å². The van der Waals surface area contributed by atoms with Gasteiger partial charge < -0.3 is 29.8 Å². The molecular formula is C26H30N4O12S2. The molecular weight excluding hydrogens is 624 g/mol. The van der Waals surface area contributed by atoms with Crippen LogP contribution in [0.5, 0.6) is 0 Å². The Morgan fingerprint density at radius 2 is 1.02 bits per heavy atom. The highest BCUT2D eigenvalue weighted by atomic mass is 33.1. The highest BCUT2D eigenvalue weighted by Gasteiger charge is 2.26. The maximum Gasteiger partial charge on any atom is 0.329 e. The normalized spacial score (nSPS) is 11.8. The first-order chi connectivity index (χ1) is 21.0. The fraction of sp³-hybridized carbons (Fsp3) is 0.385. The molecule has 44 heavy (non-hydrogen) atoms. The van der Waals surface area contributed by atoms with Crippen molar-refractivity contribution >= 4 is 45.3 Å². The third-order valence-electron chi connectivity index (χ3n) is 5.41. The molecule has 2 N–H and O–H groups in total. The smallest absolute Gasteiger partial charge is 0.329 e. The predicted octanol–water partition coefficient (Wildman–Crippen LogP) is 2.51. The molecule has 0 saturated heterocycles. The van der Waals surface area contributed by atoms with Gasteiger partial charge >= 0.3 is 11.9 Å². The van der Waals surface area contributed by atoms with Crippen molar-refractivity contribution in [3.63, 3.8) is 0 Å². The summed E-state index contributed by atoms with van der Waals surface area (Å²) >= 11 is 0. The van der Waals surface area contributed by atoms with Gasteiger partial charge in [0.2, 0.25) is 0 Å². The minimum absolute atomic E-state index is 0.0567. The summed E-state index contributed by atoms with van der Waals surface area (Å²) in [7, 11) is 2.31. The first-order valence-electron chi connectivity index (χ1n) is 13.0. The molecule has 0 unspecified atom stereocenters. The molecule has 0 heterocycles. The highest BCUT2D eigenvalue weighted by molar-refractivity contribution is 8.76. The van der Waals surface area contributed by atoms with E-state index in [0.717, 1.165) is 21.6 Å². The molecule has 2 amide bonds. The van der Waals surface area contributed by atoms with E-state index >= 15 is 0 Å². The molecule has 0 aliphatic rings. The van der Waals surface area contributed by atoms with Gasteiger partial charge in [0.15, 0.2) is 0 Å². The van der Waals surface area contributed by atoms with Gasteiger partial charge in [0.25, 0.3) is 22.0 Å². The number of hydrogen-bond acceptors (Lipinski definition) is 14. The Labute approximate surface area is 259 Å². The van der Waals surface area contributed by atoms with E-state index in [9.17, 15) is 39.4 Å². The number of amides is 2. The van der Waals surface area contributed by atoms with Crippen LogP contribution in [-0.4, -0.2) is 70.7 Å². The second kappa shape index (κ2) is 18.9. The van der Waals surface area contributed by atoms with E-state index in [2.05, 4.69) is 20.3 Å². The fourth-order valence-electron chi connectivity index (χ4n) is 3.30. The van der Waals surface area contributed by atoms with Gasteiger partial charge in [0.05, 0.1) is 13.2 Å². The van der Waals surface area contributed by atoms with E-state index in [4.69, 9.17) is 9.47 Å². The lowest BCUT2D eigenvalue weighted by Gasteiger charge is -2.19. The Balaban J connectivity index is 1.98. The van der Waals surface area contributed by atoms with Crippen LogP contribution in [0, 0.1) is 20.2 Å². The molecule has 0 bridgehead atoms. The van der Waals surface area contributed by atoms with Gasteiger partial charge in [-0.05, 0) is 49.2 Å². The van der Waals surface area contributed by atoms with Crippen LogP contribution < -0.4 is 10.6 Å². The number of ether oxygens (including phenoxy) is 2. The van der Waals surface area contributed by atoms with E-state index in [1.165, 1.54) is 48.5 Å². The number of carbonyl (C=O) groups is 4. The number of benzene rings is 2. The van der Waals surface area contributed by atoms with Gasteiger partial charge in [-0.3, -0.25) is 9.59 Å². The average molecular weight is 655 g/mol. The fourth-order valence-corrected chi connectivity index (χ4v) is 5.59. The largest absolute Gasteiger partial charge is 0.464 e. The molecule has 238 valence electrons. The molecule has 0 aromatic heterocycles. The van der Waals surface area contributed by atoms with Crippen LogP contribution in [0.25, 0.3) is 0 Å². The van der Waals surface area contributed by atoms with E-state index in [0.29, 0.717) is 11.1 Å². The summed E-state index contributed by atoms with van der Waals surface area (Å²) in [6, 6.07) is 9.53. The molecule has 2 rings (SSSR count). The van der Waals surface area contributed by atoms with E-state index < -0.39 is 46.0 Å². The van der Waals surface area contributed by atoms with Gasteiger partial charge in [-0.15, -0.1) is 20.2 Å². The Hall–Kier alpha value is -4.58. The van der Waals surface area contributed by atoms with Crippen LogP contribution in [0.2, 0.25) is 0 Å². The van der Waals surface area contributed by atoms with Gasteiger partial charge in [0.1, 0.15) is 25.3 Å². The minimum Gasteiger partial charge on any atom is -0.464 e. The van der Waals surface area contributed by atoms with Crippen molar-refractivity contribution in [2.75, 3.05) is 24.7 Å². The van der Waals surface area contributed by atoms with Crippen molar-refractivity contribution in [2.45, 2.75) is 39.1 Å². The highest BCUT2D eigenvalue weighted by Crippen LogP contribution is 2.24. The first-order valence-corrected chi connectivity index (χ1v) is 15.4. The quantitative estimate of drug-likeness (QED) is 0.0732. The summed E-state index contributed by atoms with van der Waals surface area (Å²) in [6.45, 7) is 2.82. The monoisotopic (exact) mass is 654 g/mol. The lowest BCUT2D eigenvalue weighted by atomic mass is 10.1. The van der Waals surface area contributed by atoms with Crippen molar-refractivity contribution in [1.82, 2.24) is 10.6 Å². The molecule has 16 nitrogen and oxygen atoms in total. The molecule has 0 spiro atoms. The second-order valence-electron chi connectivity index (χ2n) is 8.51. The molecule has 0 saturated carbocycles. The summed E-state index contributed by atoms with van der Waals surface area (Å²) in [5, 5.41) is 24.1. The molecule has 18 heteroatoms. The maximum atomic E-state index is 12.8. The van der Waals surface area contributed by atoms with E-state index in [-0.39, 0.29) is 49.1 Å². The zero-order valence-corrected chi connectivity index (χ0v) is 25.3. The third-order valence-corrected chi connectivity index (χ3v) is 7.83. The molecule has 0 aliphatic heterocycles. The molecule has 0 radical (unpaired) electrons. The van der Waals surface area contributed by atoms with Crippen LogP contribution >= 0.6 is 21.6 Å². The van der Waals surface area contributed by atoms with Crippen LogP contribution in [0.15, 0.2) is 48.5 Å². The van der Waals surface area contributed by atoms with Gasteiger partial charge in [-0.2, -0.15) is 0 Å². The molecule has 0 fully saturated rings. The topological polar surface area (TPSA) is 216 Å². The molecule has 2 atom stereocenters. The zero-order valence-electron chi connectivity index (χ0n) is 23.6. The summed E-state index contributed by atoms with van der Waals surface area (Å²) in [5.41, 5.74) is 1.33.